The lowest BCUT2D eigenvalue weighted by Gasteiger charge is -2.46. The summed E-state index contributed by atoms with van der Waals surface area (Å²) < 4.78 is 12.2. The van der Waals surface area contributed by atoms with E-state index in [1.165, 1.54) is 0 Å². The minimum Gasteiger partial charge on any atom is -0.496 e. The zero-order chi connectivity index (χ0) is 14.8. The van der Waals surface area contributed by atoms with E-state index in [4.69, 9.17) is 15.2 Å². The lowest BCUT2D eigenvalue weighted by Crippen LogP contribution is -2.55. The van der Waals surface area contributed by atoms with Gasteiger partial charge in [-0.1, -0.05) is 15.9 Å². The van der Waals surface area contributed by atoms with Crippen molar-refractivity contribution in [1.29, 1.82) is 0 Å². The molecule has 1 aliphatic rings. The number of rotatable bonds is 4. The highest BCUT2D eigenvalue weighted by Gasteiger charge is 2.36. The van der Waals surface area contributed by atoms with Crippen LogP contribution in [0.15, 0.2) is 22.7 Å². The van der Waals surface area contributed by atoms with Crippen molar-refractivity contribution in [1.82, 2.24) is 4.90 Å². The number of ether oxygens (including phenoxy) is 2. The van der Waals surface area contributed by atoms with Gasteiger partial charge in [-0.2, -0.15) is 0 Å². The molecule has 20 heavy (non-hydrogen) atoms. The highest BCUT2D eigenvalue weighted by molar-refractivity contribution is 9.10. The minimum absolute atomic E-state index is 0.0321. The number of hydrogen-bond donors (Lipinski definition) is 1. The summed E-state index contributed by atoms with van der Waals surface area (Å²) in [7, 11) is 1.70. The highest BCUT2D eigenvalue weighted by Crippen LogP contribution is 2.36. The molecule has 0 saturated carbocycles. The Morgan fingerprint density at radius 1 is 1.50 bits per heavy atom. The van der Waals surface area contributed by atoms with Gasteiger partial charge in [-0.15, -0.1) is 0 Å². The Bertz CT molecular complexity index is 465. The number of nitrogens with zero attached hydrogens (tertiary/aromatic N) is 1. The Hall–Kier alpha value is -0.620. The average molecular weight is 343 g/mol. The average Bonchev–Trinajstić information content (AvgIpc) is 2.41. The van der Waals surface area contributed by atoms with Crippen molar-refractivity contribution in [3.8, 4) is 5.75 Å². The van der Waals surface area contributed by atoms with E-state index in [0.29, 0.717) is 6.54 Å². The first-order valence-electron chi connectivity index (χ1n) is 6.87. The molecule has 1 atom stereocenters. The van der Waals surface area contributed by atoms with Gasteiger partial charge in [0.25, 0.3) is 0 Å². The van der Waals surface area contributed by atoms with E-state index in [1.807, 2.05) is 12.1 Å². The molecule has 0 aliphatic carbocycles. The van der Waals surface area contributed by atoms with E-state index in [2.05, 4.69) is 40.7 Å². The van der Waals surface area contributed by atoms with Crippen LogP contribution >= 0.6 is 15.9 Å². The topological polar surface area (TPSA) is 47.7 Å². The predicted molar refractivity (Wildman–Crippen MR) is 84.1 cm³/mol. The molecule has 1 fully saturated rings. The maximum absolute atomic E-state index is 6.08. The predicted octanol–water partition coefficient (Wildman–Crippen LogP) is 2.57. The smallest absolute Gasteiger partial charge is 0.123 e. The van der Waals surface area contributed by atoms with Crippen LogP contribution in [0.3, 0.4) is 0 Å². The molecule has 0 amide bonds. The molecule has 1 aromatic carbocycles. The van der Waals surface area contributed by atoms with E-state index >= 15 is 0 Å². The molecular weight excluding hydrogens is 320 g/mol. The van der Waals surface area contributed by atoms with Gasteiger partial charge in [0, 0.05) is 28.7 Å². The van der Waals surface area contributed by atoms with Crippen LogP contribution in [-0.2, 0) is 4.74 Å². The van der Waals surface area contributed by atoms with Gasteiger partial charge in [0.15, 0.2) is 0 Å². The summed E-state index contributed by atoms with van der Waals surface area (Å²) in [4.78, 5) is 2.42. The SMILES string of the molecule is COc1ccc(Br)cc1C(CN)N1CCOCC1(C)C. The van der Waals surface area contributed by atoms with Crippen molar-refractivity contribution in [2.75, 3.05) is 33.4 Å². The van der Waals surface area contributed by atoms with Gasteiger partial charge in [0.05, 0.1) is 26.4 Å². The summed E-state index contributed by atoms with van der Waals surface area (Å²) in [5, 5.41) is 0. The van der Waals surface area contributed by atoms with Crippen molar-refractivity contribution in [2.45, 2.75) is 25.4 Å². The fourth-order valence-corrected chi connectivity index (χ4v) is 3.21. The lowest BCUT2D eigenvalue weighted by molar-refractivity contribution is -0.0715. The van der Waals surface area contributed by atoms with E-state index in [-0.39, 0.29) is 11.6 Å². The van der Waals surface area contributed by atoms with Crippen LogP contribution < -0.4 is 10.5 Å². The fraction of sp³-hybridized carbons (Fsp3) is 0.600. The molecule has 0 spiro atoms. The first-order chi connectivity index (χ1) is 9.49. The molecule has 0 bridgehead atoms. The molecule has 1 unspecified atom stereocenters. The minimum atomic E-state index is -0.0321. The third kappa shape index (κ3) is 3.17. The van der Waals surface area contributed by atoms with Gasteiger partial charge in [0.2, 0.25) is 0 Å². The molecule has 1 aromatic rings. The number of morpholine rings is 1. The standard InChI is InChI=1S/C15H23BrN2O2/c1-15(2)10-20-7-6-18(15)13(9-17)12-8-11(16)4-5-14(12)19-3/h4-5,8,13H,6-7,9-10,17H2,1-3H3. The number of nitrogens with two attached hydrogens (primary N) is 1. The summed E-state index contributed by atoms with van der Waals surface area (Å²) in [6, 6.07) is 6.19. The van der Waals surface area contributed by atoms with Crippen molar-refractivity contribution in [2.24, 2.45) is 5.73 Å². The van der Waals surface area contributed by atoms with Gasteiger partial charge < -0.3 is 15.2 Å². The first kappa shape index (κ1) is 15.8. The van der Waals surface area contributed by atoms with E-state index in [0.717, 1.165) is 35.5 Å². The molecule has 2 rings (SSSR count). The maximum atomic E-state index is 6.08. The summed E-state index contributed by atoms with van der Waals surface area (Å²) in [6.07, 6.45) is 0. The fourth-order valence-electron chi connectivity index (χ4n) is 2.84. The van der Waals surface area contributed by atoms with Gasteiger partial charge in [-0.25, -0.2) is 0 Å². The molecule has 5 heteroatoms. The number of methoxy groups -OCH3 is 1. The third-order valence-electron chi connectivity index (χ3n) is 3.86. The Morgan fingerprint density at radius 3 is 2.85 bits per heavy atom. The second-order valence-corrected chi connectivity index (χ2v) is 6.61. The number of halogens is 1. The normalized spacial score (nSPS) is 20.6. The zero-order valence-electron chi connectivity index (χ0n) is 12.4. The summed E-state index contributed by atoms with van der Waals surface area (Å²) >= 11 is 3.54. The van der Waals surface area contributed by atoms with Crippen molar-refractivity contribution < 1.29 is 9.47 Å². The highest BCUT2D eigenvalue weighted by atomic mass is 79.9. The van der Waals surface area contributed by atoms with Crippen molar-refractivity contribution in [3.05, 3.63) is 28.2 Å². The van der Waals surface area contributed by atoms with Gasteiger partial charge in [0.1, 0.15) is 5.75 Å². The van der Waals surface area contributed by atoms with Gasteiger partial charge in [-0.3, -0.25) is 4.90 Å². The van der Waals surface area contributed by atoms with Crippen LogP contribution in [-0.4, -0.2) is 43.9 Å². The second-order valence-electron chi connectivity index (χ2n) is 5.70. The quantitative estimate of drug-likeness (QED) is 0.913. The van der Waals surface area contributed by atoms with E-state index < -0.39 is 0 Å². The van der Waals surface area contributed by atoms with Crippen LogP contribution in [0.25, 0.3) is 0 Å². The van der Waals surface area contributed by atoms with Crippen molar-refractivity contribution in [3.63, 3.8) is 0 Å². The molecule has 0 aromatic heterocycles. The molecular formula is C15H23BrN2O2. The summed E-state index contributed by atoms with van der Waals surface area (Å²) in [6.45, 7) is 7.29. The number of hydrogen-bond acceptors (Lipinski definition) is 4. The van der Waals surface area contributed by atoms with Gasteiger partial charge >= 0.3 is 0 Å². The number of benzene rings is 1. The molecule has 1 heterocycles. The van der Waals surface area contributed by atoms with Crippen LogP contribution in [0.4, 0.5) is 0 Å². The van der Waals surface area contributed by atoms with Crippen LogP contribution in [0.1, 0.15) is 25.5 Å². The third-order valence-corrected chi connectivity index (χ3v) is 4.35. The molecule has 112 valence electrons. The van der Waals surface area contributed by atoms with Crippen LogP contribution in [0.2, 0.25) is 0 Å². The zero-order valence-corrected chi connectivity index (χ0v) is 13.9. The molecule has 2 N–H and O–H groups in total. The van der Waals surface area contributed by atoms with Crippen LogP contribution in [0.5, 0.6) is 5.75 Å². The van der Waals surface area contributed by atoms with Gasteiger partial charge in [-0.05, 0) is 32.0 Å². The van der Waals surface area contributed by atoms with E-state index in [9.17, 15) is 0 Å². The Kier molecular flexibility index (Phi) is 5.07. The Labute approximate surface area is 129 Å². The van der Waals surface area contributed by atoms with Crippen LogP contribution in [0, 0.1) is 0 Å². The maximum Gasteiger partial charge on any atom is 0.123 e. The molecule has 0 radical (unpaired) electrons. The monoisotopic (exact) mass is 342 g/mol. The largest absolute Gasteiger partial charge is 0.496 e. The lowest BCUT2D eigenvalue weighted by atomic mass is 9.95. The van der Waals surface area contributed by atoms with Crippen molar-refractivity contribution >= 4 is 15.9 Å². The van der Waals surface area contributed by atoms with E-state index in [1.54, 1.807) is 7.11 Å². The first-order valence-corrected chi connectivity index (χ1v) is 7.67. The second kappa shape index (κ2) is 6.43. The summed E-state index contributed by atoms with van der Waals surface area (Å²) in [5.41, 5.74) is 7.17. The Balaban J connectivity index is 2.39. The molecule has 1 aliphatic heterocycles. The molecule has 4 nitrogen and oxygen atoms in total. The summed E-state index contributed by atoms with van der Waals surface area (Å²) in [5.74, 6) is 0.881. The Morgan fingerprint density at radius 2 is 2.25 bits per heavy atom. The molecule has 1 saturated heterocycles.